The van der Waals surface area contributed by atoms with Crippen molar-refractivity contribution in [1.82, 2.24) is 9.78 Å². The van der Waals surface area contributed by atoms with Crippen LogP contribution in [0.3, 0.4) is 0 Å². The molecule has 0 saturated heterocycles. The van der Waals surface area contributed by atoms with Gasteiger partial charge in [0, 0.05) is 18.5 Å². The molecule has 2 N–H and O–H groups in total. The van der Waals surface area contributed by atoms with Crippen molar-refractivity contribution in [2.24, 2.45) is 12.8 Å². The predicted octanol–water partition coefficient (Wildman–Crippen LogP) is 2.98. The van der Waals surface area contributed by atoms with E-state index in [-0.39, 0.29) is 5.92 Å². The van der Waals surface area contributed by atoms with Gasteiger partial charge in [-0.1, -0.05) is 41.4 Å². The van der Waals surface area contributed by atoms with E-state index in [0.29, 0.717) is 11.7 Å². The molecule has 0 amide bonds. The van der Waals surface area contributed by atoms with Crippen molar-refractivity contribution in [3.8, 4) is 0 Å². The summed E-state index contributed by atoms with van der Waals surface area (Å²) in [6, 6.07) is 8.49. The minimum atomic E-state index is 0.278. The Morgan fingerprint density at radius 3 is 2.63 bits per heavy atom. The van der Waals surface area contributed by atoms with Gasteiger partial charge in [-0.2, -0.15) is 5.10 Å². The summed E-state index contributed by atoms with van der Waals surface area (Å²) in [6.45, 7) is 4.69. The number of halogens is 1. The molecule has 1 heterocycles. The number of aromatic nitrogens is 2. The monoisotopic (exact) mass is 277 g/mol. The zero-order valence-electron chi connectivity index (χ0n) is 11.7. The highest BCUT2D eigenvalue weighted by molar-refractivity contribution is 6.30. The lowest BCUT2D eigenvalue weighted by Crippen LogP contribution is -2.15. The van der Waals surface area contributed by atoms with Crippen molar-refractivity contribution in [2.45, 2.75) is 26.2 Å². The number of nitrogens with zero attached hydrogens (tertiary/aromatic N) is 2. The van der Waals surface area contributed by atoms with Crippen molar-refractivity contribution in [2.75, 3.05) is 6.54 Å². The molecule has 1 unspecified atom stereocenters. The Labute approximate surface area is 119 Å². The third-order valence-electron chi connectivity index (χ3n) is 3.52. The molecule has 19 heavy (non-hydrogen) atoms. The van der Waals surface area contributed by atoms with Gasteiger partial charge in [0.05, 0.1) is 5.69 Å². The topological polar surface area (TPSA) is 43.8 Å². The van der Waals surface area contributed by atoms with Gasteiger partial charge in [0.25, 0.3) is 0 Å². The Morgan fingerprint density at radius 1 is 1.37 bits per heavy atom. The molecule has 1 aromatic carbocycles. The van der Waals surface area contributed by atoms with Gasteiger partial charge in [-0.05, 0) is 32.4 Å². The molecule has 0 aliphatic carbocycles. The molecule has 1 atom stereocenters. The average Bonchev–Trinajstić information content (AvgIpc) is 2.61. The summed E-state index contributed by atoms with van der Waals surface area (Å²) >= 11 is 6.29. The first-order chi connectivity index (χ1) is 9.02. The maximum Gasteiger partial charge on any atom is 0.130 e. The number of aryl methyl sites for hydroxylation is 3. The quantitative estimate of drug-likeness (QED) is 0.934. The first-order valence-corrected chi connectivity index (χ1v) is 6.85. The van der Waals surface area contributed by atoms with Crippen LogP contribution in [-0.2, 0) is 13.5 Å². The van der Waals surface area contributed by atoms with Crippen molar-refractivity contribution >= 4 is 11.6 Å². The number of hydrogen-bond donors (Lipinski definition) is 1. The van der Waals surface area contributed by atoms with Crippen molar-refractivity contribution < 1.29 is 0 Å². The van der Waals surface area contributed by atoms with Crippen LogP contribution in [0, 0.1) is 13.8 Å². The number of benzene rings is 1. The van der Waals surface area contributed by atoms with Crippen LogP contribution in [0.2, 0.25) is 5.15 Å². The molecule has 4 heteroatoms. The zero-order valence-corrected chi connectivity index (χ0v) is 12.4. The lowest BCUT2D eigenvalue weighted by Gasteiger charge is -2.16. The maximum absolute atomic E-state index is 6.29. The van der Waals surface area contributed by atoms with E-state index in [0.717, 1.165) is 17.7 Å². The second-order valence-corrected chi connectivity index (χ2v) is 5.39. The molecule has 0 aliphatic heterocycles. The first kappa shape index (κ1) is 14.1. The van der Waals surface area contributed by atoms with Gasteiger partial charge in [-0.15, -0.1) is 0 Å². The van der Waals surface area contributed by atoms with Crippen LogP contribution < -0.4 is 5.73 Å². The van der Waals surface area contributed by atoms with Crippen molar-refractivity contribution in [3.63, 3.8) is 0 Å². The molecule has 2 rings (SSSR count). The van der Waals surface area contributed by atoms with Crippen LogP contribution in [-0.4, -0.2) is 16.3 Å². The lowest BCUT2D eigenvalue weighted by molar-refractivity contribution is 0.691. The summed E-state index contributed by atoms with van der Waals surface area (Å²) < 4.78 is 1.72. The molecule has 1 aromatic heterocycles. The van der Waals surface area contributed by atoms with E-state index in [1.54, 1.807) is 4.68 Å². The van der Waals surface area contributed by atoms with Crippen LogP contribution >= 0.6 is 11.6 Å². The zero-order chi connectivity index (χ0) is 14.0. The number of rotatable bonds is 4. The van der Waals surface area contributed by atoms with Crippen LogP contribution in [0.15, 0.2) is 24.3 Å². The molecule has 0 spiro atoms. The van der Waals surface area contributed by atoms with Gasteiger partial charge in [0.1, 0.15) is 5.15 Å². The fourth-order valence-corrected chi connectivity index (χ4v) is 2.67. The number of nitrogens with two attached hydrogens (primary N) is 1. The molecule has 0 saturated carbocycles. The molecular weight excluding hydrogens is 258 g/mol. The van der Waals surface area contributed by atoms with Gasteiger partial charge in [0.2, 0.25) is 0 Å². The summed E-state index contributed by atoms with van der Waals surface area (Å²) in [5.74, 6) is 0.278. The molecule has 0 fully saturated rings. The summed E-state index contributed by atoms with van der Waals surface area (Å²) in [5, 5.41) is 5.06. The van der Waals surface area contributed by atoms with Gasteiger partial charge in [0.15, 0.2) is 0 Å². The Hall–Kier alpha value is -1.32. The Morgan fingerprint density at radius 2 is 2.11 bits per heavy atom. The normalized spacial score (nSPS) is 12.7. The van der Waals surface area contributed by atoms with Gasteiger partial charge < -0.3 is 5.73 Å². The Balaban J connectivity index is 2.29. The van der Waals surface area contributed by atoms with Crippen LogP contribution in [0.5, 0.6) is 0 Å². The van der Waals surface area contributed by atoms with E-state index in [2.05, 4.69) is 36.3 Å². The minimum Gasteiger partial charge on any atom is -0.330 e. The molecule has 0 aliphatic rings. The molecule has 3 nitrogen and oxygen atoms in total. The van der Waals surface area contributed by atoms with Gasteiger partial charge >= 0.3 is 0 Å². The summed E-state index contributed by atoms with van der Waals surface area (Å²) in [7, 11) is 1.86. The lowest BCUT2D eigenvalue weighted by atomic mass is 9.91. The standard InChI is InChI=1S/C15H20ClN3/c1-10-5-4-6-12(7-10)13(9-17)8-14-11(2)18-19(3)15(14)16/h4-7,13H,8-9,17H2,1-3H3. The van der Waals surface area contributed by atoms with Gasteiger partial charge in [-0.25, -0.2) is 0 Å². The first-order valence-electron chi connectivity index (χ1n) is 6.47. The van der Waals surface area contributed by atoms with E-state index in [9.17, 15) is 0 Å². The smallest absolute Gasteiger partial charge is 0.130 e. The van der Waals surface area contributed by atoms with Gasteiger partial charge in [-0.3, -0.25) is 4.68 Å². The van der Waals surface area contributed by atoms with E-state index in [4.69, 9.17) is 17.3 Å². The van der Waals surface area contributed by atoms with Crippen LogP contribution in [0.25, 0.3) is 0 Å². The summed E-state index contributed by atoms with van der Waals surface area (Å²) in [4.78, 5) is 0. The predicted molar refractivity (Wildman–Crippen MR) is 79.6 cm³/mol. The van der Waals surface area contributed by atoms with Crippen molar-refractivity contribution in [3.05, 3.63) is 51.8 Å². The fourth-order valence-electron chi connectivity index (χ4n) is 2.41. The maximum atomic E-state index is 6.29. The number of hydrogen-bond acceptors (Lipinski definition) is 2. The molecule has 0 bridgehead atoms. The van der Waals surface area contributed by atoms with Crippen LogP contribution in [0.1, 0.15) is 28.3 Å². The fraction of sp³-hybridized carbons (Fsp3) is 0.400. The van der Waals surface area contributed by atoms with E-state index < -0.39 is 0 Å². The Bertz CT molecular complexity index is 575. The van der Waals surface area contributed by atoms with Crippen LogP contribution in [0.4, 0.5) is 0 Å². The molecule has 2 aromatic rings. The van der Waals surface area contributed by atoms with E-state index in [1.165, 1.54) is 11.1 Å². The minimum absolute atomic E-state index is 0.278. The van der Waals surface area contributed by atoms with Crippen molar-refractivity contribution in [1.29, 1.82) is 0 Å². The Kier molecular flexibility index (Phi) is 4.27. The highest BCUT2D eigenvalue weighted by Gasteiger charge is 2.17. The second kappa shape index (κ2) is 5.76. The van der Waals surface area contributed by atoms with E-state index in [1.807, 2.05) is 14.0 Å². The van der Waals surface area contributed by atoms with E-state index >= 15 is 0 Å². The summed E-state index contributed by atoms with van der Waals surface area (Å²) in [6.07, 6.45) is 0.832. The molecular formula is C15H20ClN3. The largest absolute Gasteiger partial charge is 0.330 e. The average molecular weight is 278 g/mol. The second-order valence-electron chi connectivity index (χ2n) is 5.03. The SMILES string of the molecule is Cc1cccc(C(CN)Cc2c(C)nn(C)c2Cl)c1. The molecule has 0 radical (unpaired) electrons. The highest BCUT2D eigenvalue weighted by Crippen LogP contribution is 2.27. The molecule has 102 valence electrons. The summed E-state index contributed by atoms with van der Waals surface area (Å²) in [5.41, 5.74) is 10.5. The highest BCUT2D eigenvalue weighted by atomic mass is 35.5. The third kappa shape index (κ3) is 2.99. The third-order valence-corrected chi connectivity index (χ3v) is 3.99.